The van der Waals surface area contributed by atoms with Crippen molar-refractivity contribution in [1.82, 2.24) is 15.3 Å². The summed E-state index contributed by atoms with van der Waals surface area (Å²) in [6.45, 7) is 0.424. The van der Waals surface area contributed by atoms with Gasteiger partial charge in [0, 0.05) is 28.8 Å². The number of carbonyl (C=O) groups is 1. The van der Waals surface area contributed by atoms with Gasteiger partial charge in [-0.3, -0.25) is 4.79 Å². The smallest absolute Gasteiger partial charge is 0.251 e. The molecule has 0 spiro atoms. The van der Waals surface area contributed by atoms with Gasteiger partial charge in [-0.05, 0) is 42.0 Å². The molecule has 0 unspecified atom stereocenters. The SMILES string of the molecule is COc1ccccc1Oc1cc(-c2ccc(C(=O)NCc3ccc(Cl)cc3)cc2)ncn1. The molecule has 0 aliphatic carbocycles. The predicted molar refractivity (Wildman–Crippen MR) is 123 cm³/mol. The van der Waals surface area contributed by atoms with Gasteiger partial charge < -0.3 is 14.8 Å². The summed E-state index contributed by atoms with van der Waals surface area (Å²) in [5, 5.41) is 3.57. The Kier molecular flexibility index (Phi) is 6.63. The van der Waals surface area contributed by atoms with Crippen LogP contribution in [0.5, 0.6) is 17.4 Å². The second-order valence-electron chi connectivity index (χ2n) is 6.88. The largest absolute Gasteiger partial charge is 0.493 e. The Morgan fingerprint density at radius 1 is 0.938 bits per heavy atom. The molecule has 7 heteroatoms. The number of rotatable bonds is 7. The van der Waals surface area contributed by atoms with E-state index in [1.54, 1.807) is 43.5 Å². The monoisotopic (exact) mass is 445 g/mol. The molecule has 160 valence electrons. The topological polar surface area (TPSA) is 73.3 Å². The maximum Gasteiger partial charge on any atom is 0.251 e. The molecule has 32 heavy (non-hydrogen) atoms. The van der Waals surface area contributed by atoms with E-state index in [1.807, 2.05) is 42.5 Å². The molecule has 6 nitrogen and oxygen atoms in total. The molecule has 0 aliphatic rings. The van der Waals surface area contributed by atoms with Crippen LogP contribution >= 0.6 is 11.6 Å². The standard InChI is InChI=1S/C25H20ClN3O3/c1-31-22-4-2-3-5-23(22)32-24-14-21(28-16-29-24)18-8-10-19(11-9-18)25(30)27-15-17-6-12-20(26)13-7-17/h2-14,16H,15H2,1H3,(H,27,30). The fraction of sp³-hybridized carbons (Fsp3) is 0.0800. The summed E-state index contributed by atoms with van der Waals surface area (Å²) >= 11 is 5.89. The molecule has 0 bridgehead atoms. The third-order valence-corrected chi connectivity index (χ3v) is 4.99. The zero-order chi connectivity index (χ0) is 22.3. The molecule has 4 aromatic rings. The van der Waals surface area contributed by atoms with Crippen molar-refractivity contribution in [2.75, 3.05) is 7.11 Å². The zero-order valence-electron chi connectivity index (χ0n) is 17.3. The molecule has 3 aromatic carbocycles. The van der Waals surface area contributed by atoms with Gasteiger partial charge in [-0.15, -0.1) is 0 Å². The number of hydrogen-bond acceptors (Lipinski definition) is 5. The lowest BCUT2D eigenvalue weighted by Gasteiger charge is -2.10. The Morgan fingerprint density at radius 3 is 2.38 bits per heavy atom. The summed E-state index contributed by atoms with van der Waals surface area (Å²) in [5.41, 5.74) is 3.05. The van der Waals surface area contributed by atoms with Crippen LogP contribution in [-0.2, 0) is 6.54 Å². The van der Waals surface area contributed by atoms with E-state index in [0.29, 0.717) is 40.2 Å². The number of methoxy groups -OCH3 is 1. The zero-order valence-corrected chi connectivity index (χ0v) is 18.0. The van der Waals surface area contributed by atoms with E-state index < -0.39 is 0 Å². The van der Waals surface area contributed by atoms with Crippen LogP contribution in [-0.4, -0.2) is 23.0 Å². The first-order valence-corrected chi connectivity index (χ1v) is 10.3. The molecule has 1 aromatic heterocycles. The Balaban J connectivity index is 1.44. The van der Waals surface area contributed by atoms with Crippen molar-refractivity contribution >= 4 is 17.5 Å². The summed E-state index contributed by atoms with van der Waals surface area (Å²) in [7, 11) is 1.58. The van der Waals surface area contributed by atoms with Crippen molar-refractivity contribution in [2.45, 2.75) is 6.54 Å². The van der Waals surface area contributed by atoms with Crippen molar-refractivity contribution in [3.8, 4) is 28.6 Å². The van der Waals surface area contributed by atoms with Gasteiger partial charge in [0.15, 0.2) is 11.5 Å². The molecule has 1 amide bonds. The van der Waals surface area contributed by atoms with E-state index in [-0.39, 0.29) is 5.91 Å². The van der Waals surface area contributed by atoms with Gasteiger partial charge in [0.2, 0.25) is 5.88 Å². The van der Waals surface area contributed by atoms with E-state index in [1.165, 1.54) is 6.33 Å². The van der Waals surface area contributed by atoms with Crippen molar-refractivity contribution in [2.24, 2.45) is 0 Å². The van der Waals surface area contributed by atoms with Gasteiger partial charge in [-0.1, -0.05) is 48.0 Å². The van der Waals surface area contributed by atoms with E-state index in [4.69, 9.17) is 21.1 Å². The van der Waals surface area contributed by atoms with Crippen molar-refractivity contribution in [3.63, 3.8) is 0 Å². The summed E-state index contributed by atoms with van der Waals surface area (Å²) in [4.78, 5) is 21.0. The molecule has 0 saturated carbocycles. The molecule has 1 N–H and O–H groups in total. The predicted octanol–water partition coefficient (Wildman–Crippen LogP) is 5.53. The number of benzene rings is 3. The average molecular weight is 446 g/mol. The van der Waals surface area contributed by atoms with Crippen LogP contribution in [0.15, 0.2) is 85.2 Å². The molecule has 1 heterocycles. The van der Waals surface area contributed by atoms with Gasteiger partial charge in [0.05, 0.1) is 12.8 Å². The van der Waals surface area contributed by atoms with Crippen LogP contribution in [0.2, 0.25) is 5.02 Å². The van der Waals surface area contributed by atoms with Gasteiger partial charge >= 0.3 is 0 Å². The maximum absolute atomic E-state index is 12.5. The first-order valence-electron chi connectivity index (χ1n) is 9.88. The van der Waals surface area contributed by atoms with Crippen LogP contribution in [0.3, 0.4) is 0 Å². The van der Waals surface area contributed by atoms with E-state index in [0.717, 1.165) is 11.1 Å². The molecule has 4 rings (SSSR count). The molecular weight excluding hydrogens is 426 g/mol. The number of ether oxygens (including phenoxy) is 2. The third kappa shape index (κ3) is 5.22. The van der Waals surface area contributed by atoms with Crippen LogP contribution in [0, 0.1) is 0 Å². The Labute approximate surface area is 190 Å². The minimum atomic E-state index is -0.158. The van der Waals surface area contributed by atoms with Gasteiger partial charge in [0.25, 0.3) is 5.91 Å². The van der Waals surface area contributed by atoms with Crippen molar-refractivity contribution < 1.29 is 14.3 Å². The summed E-state index contributed by atoms with van der Waals surface area (Å²) in [6, 6.07) is 23.6. The van der Waals surface area contributed by atoms with Gasteiger partial charge in [-0.25, -0.2) is 9.97 Å². The highest BCUT2D eigenvalue weighted by Crippen LogP contribution is 2.31. The maximum atomic E-state index is 12.5. The summed E-state index contributed by atoms with van der Waals surface area (Å²) in [6.07, 6.45) is 1.44. The average Bonchev–Trinajstić information content (AvgIpc) is 2.84. The Hall–Kier alpha value is -3.90. The normalized spacial score (nSPS) is 10.4. The summed E-state index contributed by atoms with van der Waals surface area (Å²) in [5.74, 6) is 1.41. The number of halogens is 1. The van der Waals surface area contributed by atoms with Crippen LogP contribution < -0.4 is 14.8 Å². The first-order chi connectivity index (χ1) is 15.6. The number of nitrogens with zero attached hydrogens (tertiary/aromatic N) is 2. The van der Waals surface area contributed by atoms with Crippen molar-refractivity contribution in [3.05, 3.63) is 101 Å². The Bertz CT molecular complexity index is 1210. The van der Waals surface area contributed by atoms with Crippen LogP contribution in [0.25, 0.3) is 11.3 Å². The first kappa shape index (κ1) is 21.3. The second-order valence-corrected chi connectivity index (χ2v) is 7.32. The molecule has 0 atom stereocenters. The summed E-state index contributed by atoms with van der Waals surface area (Å²) < 4.78 is 11.2. The number of hydrogen-bond donors (Lipinski definition) is 1. The highest BCUT2D eigenvalue weighted by Gasteiger charge is 2.10. The van der Waals surface area contributed by atoms with Gasteiger partial charge in [0.1, 0.15) is 6.33 Å². The Morgan fingerprint density at radius 2 is 1.66 bits per heavy atom. The fourth-order valence-corrected chi connectivity index (χ4v) is 3.17. The minimum Gasteiger partial charge on any atom is -0.493 e. The second kappa shape index (κ2) is 9.94. The lowest BCUT2D eigenvalue weighted by Crippen LogP contribution is -2.22. The number of nitrogens with one attached hydrogen (secondary N) is 1. The highest BCUT2D eigenvalue weighted by atomic mass is 35.5. The number of amides is 1. The highest BCUT2D eigenvalue weighted by molar-refractivity contribution is 6.30. The van der Waals surface area contributed by atoms with Crippen molar-refractivity contribution in [1.29, 1.82) is 0 Å². The van der Waals surface area contributed by atoms with Crippen LogP contribution in [0.1, 0.15) is 15.9 Å². The molecule has 0 fully saturated rings. The lowest BCUT2D eigenvalue weighted by molar-refractivity contribution is 0.0951. The van der Waals surface area contributed by atoms with E-state index >= 15 is 0 Å². The van der Waals surface area contributed by atoms with Crippen LogP contribution in [0.4, 0.5) is 0 Å². The lowest BCUT2D eigenvalue weighted by atomic mass is 10.1. The molecule has 0 saturated heterocycles. The molecule has 0 radical (unpaired) electrons. The number of carbonyl (C=O) groups excluding carboxylic acids is 1. The van der Waals surface area contributed by atoms with E-state index in [9.17, 15) is 4.79 Å². The molecule has 0 aliphatic heterocycles. The fourth-order valence-electron chi connectivity index (χ4n) is 3.05. The van der Waals surface area contributed by atoms with Gasteiger partial charge in [-0.2, -0.15) is 0 Å². The quantitative estimate of drug-likeness (QED) is 0.405. The van der Waals surface area contributed by atoms with E-state index in [2.05, 4.69) is 15.3 Å². The third-order valence-electron chi connectivity index (χ3n) is 4.73. The molecular formula is C25H20ClN3O3. The number of aromatic nitrogens is 2. The minimum absolute atomic E-state index is 0.158. The number of para-hydroxylation sites is 2.